The molecule has 0 bridgehead atoms. The number of rotatable bonds is 5. The Morgan fingerprint density at radius 1 is 1.14 bits per heavy atom. The Kier molecular flexibility index (Phi) is 7.20. The van der Waals surface area contributed by atoms with Crippen LogP contribution in [0.5, 0.6) is 0 Å². The fourth-order valence-electron chi connectivity index (χ4n) is 5.78. The molecule has 7 heteroatoms. The molecule has 7 unspecified atom stereocenters. The van der Waals surface area contributed by atoms with E-state index in [9.17, 15) is 4.79 Å². The monoisotopic (exact) mass is 409 g/mol. The van der Waals surface area contributed by atoms with E-state index in [4.69, 9.17) is 0 Å². The third kappa shape index (κ3) is 5.04. The molecule has 2 saturated heterocycles. The molecule has 6 nitrogen and oxygen atoms in total. The van der Waals surface area contributed by atoms with Gasteiger partial charge in [-0.1, -0.05) is 13.3 Å². The van der Waals surface area contributed by atoms with Crippen molar-refractivity contribution in [3.8, 4) is 0 Å². The van der Waals surface area contributed by atoms with Gasteiger partial charge in [-0.3, -0.25) is 9.69 Å². The summed E-state index contributed by atoms with van der Waals surface area (Å²) in [4.78, 5) is 15.3. The molecule has 160 valence electrons. The molecular weight excluding hydrogens is 370 g/mol. The molecule has 4 aliphatic rings. The van der Waals surface area contributed by atoms with Gasteiger partial charge in [0.25, 0.3) is 0 Å². The summed E-state index contributed by atoms with van der Waals surface area (Å²) >= 11 is 2.02. The summed E-state index contributed by atoms with van der Waals surface area (Å²) in [6.45, 7) is 5.55. The number of nitrogens with zero attached hydrogens (tertiary/aromatic N) is 1. The van der Waals surface area contributed by atoms with E-state index >= 15 is 0 Å². The molecule has 2 heterocycles. The Labute approximate surface area is 174 Å². The van der Waals surface area contributed by atoms with Crippen LogP contribution in [-0.4, -0.2) is 54.4 Å². The van der Waals surface area contributed by atoms with Crippen LogP contribution in [0.3, 0.4) is 0 Å². The molecule has 2 saturated carbocycles. The van der Waals surface area contributed by atoms with E-state index in [1.54, 1.807) is 0 Å². The Bertz CT molecular complexity index is 535. The summed E-state index contributed by atoms with van der Waals surface area (Å²) < 4.78 is 0. The first-order valence-electron chi connectivity index (χ1n) is 11.5. The molecular formula is C21H39N5OS. The smallest absolute Gasteiger partial charge is 0.223 e. The van der Waals surface area contributed by atoms with Gasteiger partial charge in [0.1, 0.15) is 5.50 Å². The summed E-state index contributed by atoms with van der Waals surface area (Å²) in [5.41, 5.74) is 6.92. The van der Waals surface area contributed by atoms with E-state index in [2.05, 4.69) is 40.4 Å². The number of thioether (sulfide) groups is 1. The topological polar surface area (TPSA) is 68.4 Å². The zero-order valence-electron chi connectivity index (χ0n) is 17.6. The van der Waals surface area contributed by atoms with Gasteiger partial charge in [0.2, 0.25) is 5.91 Å². The second kappa shape index (κ2) is 9.65. The highest BCUT2D eigenvalue weighted by Crippen LogP contribution is 2.38. The van der Waals surface area contributed by atoms with Gasteiger partial charge in [-0.2, -0.15) is 0 Å². The fourth-order valence-corrected chi connectivity index (χ4v) is 7.09. The summed E-state index contributed by atoms with van der Waals surface area (Å²) in [5.74, 6) is 2.86. The van der Waals surface area contributed by atoms with E-state index in [-0.39, 0.29) is 5.92 Å². The zero-order valence-corrected chi connectivity index (χ0v) is 18.4. The minimum absolute atomic E-state index is 0.246. The fraction of sp³-hybridized carbons (Fsp3) is 0.952. The maximum Gasteiger partial charge on any atom is 0.223 e. The first kappa shape index (κ1) is 20.9. The third-order valence-corrected chi connectivity index (χ3v) is 9.18. The first-order valence-corrected chi connectivity index (χ1v) is 12.4. The third-order valence-electron chi connectivity index (χ3n) is 7.63. The highest BCUT2D eigenvalue weighted by atomic mass is 32.2. The van der Waals surface area contributed by atoms with E-state index < -0.39 is 0 Å². The number of fused-ring (bicyclic) bond motifs is 1. The van der Waals surface area contributed by atoms with Gasteiger partial charge in [0, 0.05) is 17.2 Å². The van der Waals surface area contributed by atoms with E-state index in [0.717, 1.165) is 50.7 Å². The Hall–Kier alpha value is -0.340. The van der Waals surface area contributed by atoms with Crippen molar-refractivity contribution in [2.45, 2.75) is 75.1 Å². The number of carbonyl (C=O) groups excluding carboxylic acids is 1. The van der Waals surface area contributed by atoms with Crippen molar-refractivity contribution < 1.29 is 4.79 Å². The molecule has 0 aromatic carbocycles. The number of hydrogen-bond acceptors (Lipinski definition) is 6. The Morgan fingerprint density at radius 3 is 2.86 bits per heavy atom. The lowest BCUT2D eigenvalue weighted by Gasteiger charge is -2.40. The second-order valence-electron chi connectivity index (χ2n) is 9.58. The molecule has 0 spiro atoms. The van der Waals surface area contributed by atoms with Gasteiger partial charge < -0.3 is 10.6 Å². The summed E-state index contributed by atoms with van der Waals surface area (Å²) in [6, 6.07) is 0.379. The molecule has 7 atom stereocenters. The van der Waals surface area contributed by atoms with Crippen LogP contribution in [0.1, 0.15) is 58.3 Å². The highest BCUT2D eigenvalue weighted by Gasteiger charge is 2.36. The molecule has 0 radical (unpaired) electrons. The SMILES string of the molecule is CC(SC1NNCN1C)C1CCCC(NC(=O)C2CCC3CCNCC3C2)C1. The maximum absolute atomic E-state index is 13.0. The van der Waals surface area contributed by atoms with Crippen LogP contribution >= 0.6 is 11.8 Å². The lowest BCUT2D eigenvalue weighted by atomic mass is 9.71. The standard InChI is InChI=1S/C21H39N5OS/c1-14(28-21-25-23-13-26(21)2)16-4-3-5-19(11-16)24-20(27)17-7-6-15-8-9-22-12-18(15)10-17/h14-19,21-23,25H,3-13H2,1-2H3,(H,24,27). The zero-order chi connectivity index (χ0) is 19.5. The van der Waals surface area contributed by atoms with Crippen LogP contribution in [0.2, 0.25) is 0 Å². The van der Waals surface area contributed by atoms with Crippen molar-refractivity contribution in [2.24, 2.45) is 23.7 Å². The molecule has 0 aromatic heterocycles. The number of piperidine rings is 1. The van der Waals surface area contributed by atoms with Crippen LogP contribution in [0, 0.1) is 23.7 Å². The Balaban J connectivity index is 1.24. The predicted molar refractivity (Wildman–Crippen MR) is 115 cm³/mol. The number of carbonyl (C=O) groups is 1. The predicted octanol–water partition coefficient (Wildman–Crippen LogP) is 2.09. The van der Waals surface area contributed by atoms with Gasteiger partial charge in [0.05, 0.1) is 6.67 Å². The van der Waals surface area contributed by atoms with Gasteiger partial charge in [-0.15, -0.1) is 11.8 Å². The van der Waals surface area contributed by atoms with E-state index in [0.29, 0.717) is 28.6 Å². The van der Waals surface area contributed by atoms with E-state index in [1.807, 2.05) is 11.8 Å². The molecule has 2 aliphatic heterocycles. The summed E-state index contributed by atoms with van der Waals surface area (Å²) in [5, 5.41) is 7.59. The molecule has 2 aliphatic carbocycles. The number of hydrazine groups is 1. The number of amides is 1. The van der Waals surface area contributed by atoms with Crippen LogP contribution < -0.4 is 21.5 Å². The second-order valence-corrected chi connectivity index (χ2v) is 11.0. The van der Waals surface area contributed by atoms with Crippen molar-refractivity contribution in [1.82, 2.24) is 26.4 Å². The molecule has 0 aromatic rings. The van der Waals surface area contributed by atoms with Crippen molar-refractivity contribution in [3.63, 3.8) is 0 Å². The van der Waals surface area contributed by atoms with Gasteiger partial charge in [-0.05, 0) is 82.8 Å². The maximum atomic E-state index is 13.0. The molecule has 4 rings (SSSR count). The van der Waals surface area contributed by atoms with Crippen LogP contribution in [0.15, 0.2) is 0 Å². The Morgan fingerprint density at radius 2 is 2.04 bits per heavy atom. The average Bonchev–Trinajstić information content (AvgIpc) is 3.12. The first-order chi connectivity index (χ1) is 13.6. The largest absolute Gasteiger partial charge is 0.353 e. The van der Waals surface area contributed by atoms with Gasteiger partial charge in [-0.25, -0.2) is 10.9 Å². The minimum atomic E-state index is 0.246. The summed E-state index contributed by atoms with van der Waals surface area (Å²) in [6.07, 6.45) is 9.59. The van der Waals surface area contributed by atoms with Crippen molar-refractivity contribution in [3.05, 3.63) is 0 Å². The molecule has 28 heavy (non-hydrogen) atoms. The number of hydrogen-bond donors (Lipinski definition) is 4. The van der Waals surface area contributed by atoms with Crippen LogP contribution in [0.25, 0.3) is 0 Å². The number of nitrogens with one attached hydrogen (secondary N) is 4. The lowest BCUT2D eigenvalue weighted by molar-refractivity contribution is -0.128. The van der Waals surface area contributed by atoms with E-state index in [1.165, 1.54) is 32.2 Å². The van der Waals surface area contributed by atoms with Gasteiger partial charge >= 0.3 is 0 Å². The average molecular weight is 410 g/mol. The van der Waals surface area contributed by atoms with Crippen LogP contribution in [-0.2, 0) is 4.79 Å². The minimum Gasteiger partial charge on any atom is -0.353 e. The normalized spacial score (nSPS) is 40.6. The molecule has 4 fully saturated rings. The molecule has 1 amide bonds. The quantitative estimate of drug-likeness (QED) is 0.558. The highest BCUT2D eigenvalue weighted by molar-refractivity contribution is 8.00. The summed E-state index contributed by atoms with van der Waals surface area (Å²) in [7, 11) is 2.15. The molecule has 4 N–H and O–H groups in total. The van der Waals surface area contributed by atoms with Crippen molar-refractivity contribution in [2.75, 3.05) is 26.8 Å². The van der Waals surface area contributed by atoms with Crippen molar-refractivity contribution >= 4 is 17.7 Å². The van der Waals surface area contributed by atoms with Gasteiger partial charge in [0.15, 0.2) is 0 Å². The van der Waals surface area contributed by atoms with Crippen LogP contribution in [0.4, 0.5) is 0 Å². The lowest BCUT2D eigenvalue weighted by Crippen LogP contribution is -2.47. The van der Waals surface area contributed by atoms with Crippen molar-refractivity contribution in [1.29, 1.82) is 0 Å².